The molecule has 6 heteroatoms. The van der Waals surface area contributed by atoms with E-state index in [0.717, 1.165) is 24.2 Å². The van der Waals surface area contributed by atoms with Gasteiger partial charge < -0.3 is 5.32 Å². The highest BCUT2D eigenvalue weighted by molar-refractivity contribution is 9.10. The highest BCUT2D eigenvalue weighted by Gasteiger charge is 2.26. The number of halogens is 1. The zero-order chi connectivity index (χ0) is 14.8. The van der Waals surface area contributed by atoms with Crippen LogP contribution in [0.5, 0.6) is 0 Å². The maximum atomic E-state index is 12.0. The fourth-order valence-electron chi connectivity index (χ4n) is 2.23. The van der Waals surface area contributed by atoms with Crippen molar-refractivity contribution in [3.8, 4) is 6.07 Å². The Morgan fingerprint density at radius 3 is 3.10 bits per heavy atom. The first kappa shape index (κ1) is 13.7. The summed E-state index contributed by atoms with van der Waals surface area (Å²) in [7, 11) is 0. The van der Waals surface area contributed by atoms with Gasteiger partial charge in [0, 0.05) is 11.9 Å². The van der Waals surface area contributed by atoms with Gasteiger partial charge in [0.2, 0.25) is 5.95 Å². The first-order chi connectivity index (χ1) is 10.2. The average Bonchev–Trinajstić information content (AvgIpc) is 2.51. The molecular formula is C15H11BrN4O. The molecule has 0 bridgehead atoms. The van der Waals surface area contributed by atoms with Gasteiger partial charge in [-0.2, -0.15) is 5.26 Å². The third-order valence-corrected chi connectivity index (χ3v) is 4.17. The number of alkyl halides is 1. The van der Waals surface area contributed by atoms with Crippen LogP contribution in [0.25, 0.3) is 0 Å². The van der Waals surface area contributed by atoms with Crippen molar-refractivity contribution in [2.75, 3.05) is 5.32 Å². The van der Waals surface area contributed by atoms with Crippen molar-refractivity contribution in [1.82, 2.24) is 9.97 Å². The summed E-state index contributed by atoms with van der Waals surface area (Å²) in [5, 5.41) is 11.9. The summed E-state index contributed by atoms with van der Waals surface area (Å²) in [5.74, 6) is 0.471. The molecule has 1 aromatic carbocycles. The van der Waals surface area contributed by atoms with Crippen molar-refractivity contribution in [3.63, 3.8) is 0 Å². The summed E-state index contributed by atoms with van der Waals surface area (Å²) >= 11 is 3.36. The predicted molar refractivity (Wildman–Crippen MR) is 81.8 cm³/mol. The molecule has 3 rings (SSSR count). The van der Waals surface area contributed by atoms with E-state index in [-0.39, 0.29) is 10.6 Å². The Labute approximate surface area is 130 Å². The predicted octanol–water partition coefficient (Wildman–Crippen LogP) is 2.98. The van der Waals surface area contributed by atoms with Crippen LogP contribution in [0.1, 0.15) is 28.0 Å². The van der Waals surface area contributed by atoms with Crippen molar-refractivity contribution in [2.45, 2.75) is 17.7 Å². The number of fused-ring (bicyclic) bond motifs is 1. The topological polar surface area (TPSA) is 78.7 Å². The summed E-state index contributed by atoms with van der Waals surface area (Å²) in [6.07, 6.45) is 3.05. The van der Waals surface area contributed by atoms with Gasteiger partial charge in [0.15, 0.2) is 5.78 Å². The smallest absolute Gasteiger partial charge is 0.227 e. The molecule has 1 atom stereocenters. The molecule has 0 radical (unpaired) electrons. The molecule has 2 aromatic rings. The lowest BCUT2D eigenvalue weighted by Crippen LogP contribution is -2.24. The molecule has 0 aliphatic heterocycles. The van der Waals surface area contributed by atoms with Crippen molar-refractivity contribution in [2.24, 2.45) is 0 Å². The number of benzene rings is 1. The van der Waals surface area contributed by atoms with Crippen LogP contribution in [0.2, 0.25) is 0 Å². The third-order valence-electron chi connectivity index (χ3n) is 3.30. The zero-order valence-corrected chi connectivity index (χ0v) is 12.6. The number of nitriles is 1. The fraction of sp³-hybridized carbons (Fsp3) is 0.200. The van der Waals surface area contributed by atoms with Gasteiger partial charge in [-0.3, -0.25) is 4.79 Å². The second-order valence-electron chi connectivity index (χ2n) is 4.74. The number of carbonyl (C=O) groups excluding carboxylic acids is 1. The maximum Gasteiger partial charge on any atom is 0.227 e. The summed E-state index contributed by atoms with van der Waals surface area (Å²) < 4.78 is 0. The number of ketones is 1. The van der Waals surface area contributed by atoms with E-state index in [0.29, 0.717) is 17.1 Å². The van der Waals surface area contributed by atoms with Crippen LogP contribution in [0.4, 0.5) is 11.6 Å². The number of hydrogen-bond donors (Lipinski definition) is 1. The normalized spacial score (nSPS) is 17.0. The van der Waals surface area contributed by atoms with Crippen molar-refractivity contribution >= 4 is 33.3 Å². The summed E-state index contributed by atoms with van der Waals surface area (Å²) in [5.41, 5.74) is 2.66. The molecule has 1 N–H and O–H groups in total. The second kappa shape index (κ2) is 5.62. The number of rotatable bonds is 2. The Kier molecular flexibility index (Phi) is 3.67. The lowest BCUT2D eigenvalue weighted by atomic mass is 9.96. The molecule has 1 aliphatic rings. The minimum absolute atomic E-state index is 0.0364. The van der Waals surface area contributed by atoms with E-state index in [1.807, 2.05) is 6.07 Å². The van der Waals surface area contributed by atoms with Gasteiger partial charge in [-0.05, 0) is 31.0 Å². The van der Waals surface area contributed by atoms with Crippen molar-refractivity contribution < 1.29 is 4.79 Å². The molecule has 1 heterocycles. The quantitative estimate of drug-likeness (QED) is 0.848. The number of Topliss-reactive ketones (excluding diaryl/α,β-unsaturated/α-hetero) is 1. The molecule has 1 aromatic heterocycles. The van der Waals surface area contributed by atoms with E-state index in [1.165, 1.54) is 0 Å². The van der Waals surface area contributed by atoms with Crippen LogP contribution < -0.4 is 5.32 Å². The Balaban J connectivity index is 1.88. The van der Waals surface area contributed by atoms with Gasteiger partial charge in [0.1, 0.15) is 0 Å². The minimum Gasteiger partial charge on any atom is -0.324 e. The second-order valence-corrected chi connectivity index (χ2v) is 5.85. The number of carbonyl (C=O) groups is 1. The number of aryl methyl sites for hydroxylation is 1. The number of anilines is 2. The number of nitrogens with zero attached hydrogens (tertiary/aromatic N) is 3. The molecule has 0 saturated heterocycles. The van der Waals surface area contributed by atoms with Crippen LogP contribution >= 0.6 is 15.9 Å². The van der Waals surface area contributed by atoms with Crippen LogP contribution in [0.15, 0.2) is 30.5 Å². The summed E-state index contributed by atoms with van der Waals surface area (Å²) in [6.45, 7) is 0. The van der Waals surface area contributed by atoms with Gasteiger partial charge >= 0.3 is 0 Å². The minimum atomic E-state index is -0.139. The number of hydrogen-bond acceptors (Lipinski definition) is 5. The van der Waals surface area contributed by atoms with Gasteiger partial charge in [0.05, 0.1) is 27.7 Å². The number of aromatic nitrogens is 2. The van der Waals surface area contributed by atoms with Gasteiger partial charge in [-0.25, -0.2) is 9.97 Å². The number of nitrogens with one attached hydrogen (secondary N) is 1. The molecule has 21 heavy (non-hydrogen) atoms. The van der Waals surface area contributed by atoms with Crippen LogP contribution in [0, 0.1) is 11.3 Å². The fourth-order valence-corrected chi connectivity index (χ4v) is 2.71. The Bertz CT molecular complexity index is 754. The molecule has 104 valence electrons. The highest BCUT2D eigenvalue weighted by Crippen LogP contribution is 2.25. The molecule has 1 aliphatic carbocycles. The van der Waals surface area contributed by atoms with Crippen LogP contribution in [-0.2, 0) is 6.42 Å². The highest BCUT2D eigenvalue weighted by atomic mass is 79.9. The molecule has 0 amide bonds. The van der Waals surface area contributed by atoms with E-state index in [4.69, 9.17) is 5.26 Å². The van der Waals surface area contributed by atoms with Crippen molar-refractivity contribution in [1.29, 1.82) is 5.26 Å². The molecule has 0 saturated carbocycles. The third kappa shape index (κ3) is 2.78. The molecule has 1 unspecified atom stereocenters. The summed E-state index contributed by atoms with van der Waals surface area (Å²) in [6, 6.07) is 9.16. The van der Waals surface area contributed by atoms with Crippen molar-refractivity contribution in [3.05, 3.63) is 47.3 Å². The molecule has 0 spiro atoms. The molecule has 0 fully saturated rings. The monoisotopic (exact) mass is 342 g/mol. The standard InChI is InChI=1S/C15H11BrN4O/c16-12-4-5-13-11(14(12)21)8-18-15(20-13)19-10-3-1-2-9(6-10)7-17/h1-3,6,8,12H,4-5H2,(H,18,19,20). The average molecular weight is 343 g/mol. The Morgan fingerprint density at radius 1 is 1.43 bits per heavy atom. The Hall–Kier alpha value is -2.26. The van der Waals surface area contributed by atoms with Crippen LogP contribution in [-0.4, -0.2) is 20.6 Å². The van der Waals surface area contributed by atoms with E-state index in [1.54, 1.807) is 24.4 Å². The largest absolute Gasteiger partial charge is 0.324 e. The first-order valence-electron chi connectivity index (χ1n) is 6.49. The first-order valence-corrected chi connectivity index (χ1v) is 7.40. The van der Waals surface area contributed by atoms with E-state index >= 15 is 0 Å². The Morgan fingerprint density at radius 2 is 2.29 bits per heavy atom. The SMILES string of the molecule is N#Cc1cccc(Nc2ncc3c(n2)CCC(Br)C3=O)c1. The van der Waals surface area contributed by atoms with Crippen LogP contribution in [0.3, 0.4) is 0 Å². The van der Waals surface area contributed by atoms with E-state index in [2.05, 4.69) is 37.3 Å². The van der Waals surface area contributed by atoms with Gasteiger partial charge in [-0.1, -0.05) is 22.0 Å². The van der Waals surface area contributed by atoms with E-state index in [9.17, 15) is 4.79 Å². The molecular weight excluding hydrogens is 332 g/mol. The van der Waals surface area contributed by atoms with E-state index < -0.39 is 0 Å². The van der Waals surface area contributed by atoms with Gasteiger partial charge in [-0.15, -0.1) is 0 Å². The lowest BCUT2D eigenvalue weighted by molar-refractivity contribution is 0.0980. The molecule has 5 nitrogen and oxygen atoms in total. The maximum absolute atomic E-state index is 12.0. The summed E-state index contributed by atoms with van der Waals surface area (Å²) in [4.78, 5) is 20.4. The lowest BCUT2D eigenvalue weighted by Gasteiger charge is -2.18. The van der Waals surface area contributed by atoms with Gasteiger partial charge in [0.25, 0.3) is 0 Å². The zero-order valence-electron chi connectivity index (χ0n) is 11.0.